The minimum Gasteiger partial charge on any atom is -0.351 e. The van der Waals surface area contributed by atoms with E-state index in [0.717, 1.165) is 5.56 Å². The molecule has 0 aliphatic carbocycles. The zero-order valence-electron chi connectivity index (χ0n) is 7.09. The molecule has 0 saturated carbocycles. The van der Waals surface area contributed by atoms with Gasteiger partial charge in [-0.2, -0.15) is 0 Å². The number of benzene rings is 1. The lowest BCUT2D eigenvalue weighted by atomic mass is 10.2. The lowest BCUT2D eigenvalue weighted by Crippen LogP contribution is -2.29. The first-order valence-corrected chi connectivity index (χ1v) is 4.32. The van der Waals surface area contributed by atoms with Gasteiger partial charge in [-0.25, -0.2) is 0 Å². The van der Waals surface area contributed by atoms with Crippen LogP contribution in [-0.4, -0.2) is 12.5 Å². The van der Waals surface area contributed by atoms with E-state index in [4.69, 9.17) is 17.3 Å². The molecule has 0 atom stereocenters. The smallest absolute Gasteiger partial charge is 0.234 e. The van der Waals surface area contributed by atoms with Crippen molar-refractivity contribution in [3.05, 3.63) is 34.9 Å². The third-order valence-corrected chi connectivity index (χ3v) is 1.99. The molecule has 0 bridgehead atoms. The van der Waals surface area contributed by atoms with E-state index in [1.54, 1.807) is 6.07 Å². The van der Waals surface area contributed by atoms with Crippen LogP contribution in [-0.2, 0) is 11.3 Å². The highest BCUT2D eigenvalue weighted by atomic mass is 35.5. The summed E-state index contributed by atoms with van der Waals surface area (Å²) in [4.78, 5) is 10.8. The standard InChI is InChI=1S/C9H11ClN2O/c10-8-4-2-1-3-7(8)6-12-9(13)5-11/h1-4H,5-6,11H2,(H,12,13). The van der Waals surface area contributed by atoms with E-state index in [-0.39, 0.29) is 12.5 Å². The Morgan fingerprint density at radius 1 is 1.46 bits per heavy atom. The number of hydrogen-bond acceptors (Lipinski definition) is 2. The first kappa shape index (κ1) is 10.0. The highest BCUT2D eigenvalue weighted by molar-refractivity contribution is 6.31. The fourth-order valence-corrected chi connectivity index (χ4v) is 1.11. The lowest BCUT2D eigenvalue weighted by Gasteiger charge is -2.04. The third-order valence-electron chi connectivity index (χ3n) is 1.62. The summed E-state index contributed by atoms with van der Waals surface area (Å²) in [5, 5.41) is 3.29. The number of amides is 1. The Morgan fingerprint density at radius 2 is 2.15 bits per heavy atom. The Hall–Kier alpha value is -1.06. The van der Waals surface area contributed by atoms with E-state index in [1.165, 1.54) is 0 Å². The summed E-state index contributed by atoms with van der Waals surface area (Å²) in [5.74, 6) is -0.181. The Kier molecular flexibility index (Phi) is 3.73. The van der Waals surface area contributed by atoms with Crippen molar-refractivity contribution in [1.82, 2.24) is 5.32 Å². The molecule has 0 saturated heterocycles. The first-order chi connectivity index (χ1) is 6.24. The van der Waals surface area contributed by atoms with Crippen molar-refractivity contribution >= 4 is 17.5 Å². The van der Waals surface area contributed by atoms with Crippen LogP contribution < -0.4 is 11.1 Å². The highest BCUT2D eigenvalue weighted by Gasteiger charge is 2.00. The van der Waals surface area contributed by atoms with E-state index < -0.39 is 0 Å². The molecular weight excluding hydrogens is 188 g/mol. The molecule has 0 aliphatic rings. The second-order valence-corrected chi connectivity index (χ2v) is 2.98. The second kappa shape index (κ2) is 4.84. The number of halogens is 1. The monoisotopic (exact) mass is 198 g/mol. The molecule has 0 radical (unpaired) electrons. The number of carbonyl (C=O) groups excluding carboxylic acids is 1. The summed E-state index contributed by atoms with van der Waals surface area (Å²) in [7, 11) is 0. The van der Waals surface area contributed by atoms with E-state index in [2.05, 4.69) is 5.32 Å². The van der Waals surface area contributed by atoms with Crippen LogP contribution in [0.2, 0.25) is 5.02 Å². The predicted octanol–water partition coefficient (Wildman–Crippen LogP) is 0.915. The zero-order chi connectivity index (χ0) is 9.68. The topological polar surface area (TPSA) is 55.1 Å². The maximum absolute atomic E-state index is 10.8. The van der Waals surface area contributed by atoms with Crippen molar-refractivity contribution in [1.29, 1.82) is 0 Å². The summed E-state index contributed by atoms with van der Waals surface area (Å²) < 4.78 is 0. The molecular formula is C9H11ClN2O. The van der Waals surface area contributed by atoms with Crippen LogP contribution in [0.1, 0.15) is 5.56 Å². The van der Waals surface area contributed by atoms with Crippen molar-refractivity contribution in [3.8, 4) is 0 Å². The molecule has 13 heavy (non-hydrogen) atoms. The van der Waals surface area contributed by atoms with Crippen LogP contribution >= 0.6 is 11.6 Å². The number of carbonyl (C=O) groups is 1. The molecule has 1 aromatic rings. The van der Waals surface area contributed by atoms with Crippen LogP contribution in [0.15, 0.2) is 24.3 Å². The van der Waals surface area contributed by atoms with Crippen molar-refractivity contribution in [2.45, 2.75) is 6.54 Å². The van der Waals surface area contributed by atoms with Gasteiger partial charge in [0.05, 0.1) is 6.54 Å². The van der Waals surface area contributed by atoms with Crippen molar-refractivity contribution in [3.63, 3.8) is 0 Å². The maximum Gasteiger partial charge on any atom is 0.234 e. The Bertz CT molecular complexity index is 301. The summed E-state index contributed by atoms with van der Waals surface area (Å²) in [6, 6.07) is 7.36. The lowest BCUT2D eigenvalue weighted by molar-refractivity contribution is -0.119. The number of rotatable bonds is 3. The van der Waals surface area contributed by atoms with Crippen LogP contribution in [0.3, 0.4) is 0 Å². The van der Waals surface area contributed by atoms with Crippen LogP contribution in [0.4, 0.5) is 0 Å². The largest absolute Gasteiger partial charge is 0.351 e. The van der Waals surface area contributed by atoms with Gasteiger partial charge in [0, 0.05) is 11.6 Å². The van der Waals surface area contributed by atoms with Gasteiger partial charge in [0.1, 0.15) is 0 Å². The van der Waals surface area contributed by atoms with Gasteiger partial charge in [0.2, 0.25) is 5.91 Å². The predicted molar refractivity (Wildman–Crippen MR) is 52.4 cm³/mol. The van der Waals surface area contributed by atoms with Crippen molar-refractivity contribution < 1.29 is 4.79 Å². The molecule has 1 rings (SSSR count). The minimum atomic E-state index is -0.181. The number of hydrogen-bond donors (Lipinski definition) is 2. The van der Waals surface area contributed by atoms with E-state index in [0.29, 0.717) is 11.6 Å². The normalized spacial score (nSPS) is 9.69. The first-order valence-electron chi connectivity index (χ1n) is 3.94. The molecule has 0 spiro atoms. The molecule has 1 amide bonds. The molecule has 0 aliphatic heterocycles. The van der Waals surface area contributed by atoms with Crippen LogP contribution in [0.25, 0.3) is 0 Å². The molecule has 0 heterocycles. The van der Waals surface area contributed by atoms with E-state index in [1.807, 2.05) is 18.2 Å². The molecule has 3 nitrogen and oxygen atoms in total. The van der Waals surface area contributed by atoms with E-state index >= 15 is 0 Å². The fraction of sp³-hybridized carbons (Fsp3) is 0.222. The van der Waals surface area contributed by atoms with Gasteiger partial charge in [-0.05, 0) is 11.6 Å². The second-order valence-electron chi connectivity index (χ2n) is 2.57. The molecule has 3 N–H and O–H groups in total. The molecule has 0 fully saturated rings. The number of nitrogens with two attached hydrogens (primary N) is 1. The molecule has 0 unspecified atom stereocenters. The zero-order valence-corrected chi connectivity index (χ0v) is 7.84. The Balaban J connectivity index is 2.54. The number of nitrogens with one attached hydrogen (secondary N) is 1. The quantitative estimate of drug-likeness (QED) is 0.759. The summed E-state index contributed by atoms with van der Waals surface area (Å²) in [6.07, 6.45) is 0. The molecule has 70 valence electrons. The fourth-order valence-electron chi connectivity index (χ4n) is 0.908. The van der Waals surface area contributed by atoms with Gasteiger partial charge >= 0.3 is 0 Å². The average Bonchev–Trinajstić information content (AvgIpc) is 2.16. The van der Waals surface area contributed by atoms with Crippen LogP contribution in [0, 0.1) is 0 Å². The highest BCUT2D eigenvalue weighted by Crippen LogP contribution is 2.13. The van der Waals surface area contributed by atoms with Crippen molar-refractivity contribution in [2.75, 3.05) is 6.54 Å². The maximum atomic E-state index is 10.8. The van der Waals surface area contributed by atoms with E-state index in [9.17, 15) is 4.79 Å². The minimum absolute atomic E-state index is 0.00442. The molecule has 4 heteroatoms. The third kappa shape index (κ3) is 3.05. The molecule has 0 aromatic heterocycles. The summed E-state index contributed by atoms with van der Waals surface area (Å²) >= 11 is 5.87. The summed E-state index contributed by atoms with van der Waals surface area (Å²) in [6.45, 7) is 0.431. The Morgan fingerprint density at radius 3 is 2.77 bits per heavy atom. The summed E-state index contributed by atoms with van der Waals surface area (Å²) in [5.41, 5.74) is 6.02. The van der Waals surface area contributed by atoms with Gasteiger partial charge in [0.15, 0.2) is 0 Å². The Labute approximate surface area is 81.9 Å². The van der Waals surface area contributed by atoms with Gasteiger partial charge < -0.3 is 11.1 Å². The SMILES string of the molecule is NCC(=O)NCc1ccccc1Cl. The average molecular weight is 199 g/mol. The van der Waals surface area contributed by atoms with Gasteiger partial charge in [-0.1, -0.05) is 29.8 Å². The molecule has 1 aromatic carbocycles. The van der Waals surface area contributed by atoms with Gasteiger partial charge in [-0.3, -0.25) is 4.79 Å². The van der Waals surface area contributed by atoms with Gasteiger partial charge in [-0.15, -0.1) is 0 Å². The van der Waals surface area contributed by atoms with Crippen molar-refractivity contribution in [2.24, 2.45) is 5.73 Å². The van der Waals surface area contributed by atoms with Gasteiger partial charge in [0.25, 0.3) is 0 Å². The van der Waals surface area contributed by atoms with Crippen LogP contribution in [0.5, 0.6) is 0 Å².